The molecule has 5 nitrogen and oxygen atoms in total. The van der Waals surface area contributed by atoms with E-state index < -0.39 is 0 Å². The van der Waals surface area contributed by atoms with E-state index in [1.165, 1.54) is 4.90 Å². The third kappa shape index (κ3) is 2.84. The molecule has 3 rings (SSSR count). The first-order valence-corrected chi connectivity index (χ1v) is 7.55. The second-order valence-corrected chi connectivity index (χ2v) is 5.44. The lowest BCUT2D eigenvalue weighted by Gasteiger charge is -2.14. The predicted octanol–water partition coefficient (Wildman–Crippen LogP) is 2.40. The molecule has 1 N–H and O–H groups in total. The molecule has 0 fully saturated rings. The van der Waals surface area contributed by atoms with Crippen LogP contribution in [0.3, 0.4) is 0 Å². The van der Waals surface area contributed by atoms with Crippen LogP contribution in [0.5, 0.6) is 0 Å². The highest BCUT2D eigenvalue weighted by Crippen LogP contribution is 2.24. The summed E-state index contributed by atoms with van der Waals surface area (Å²) < 4.78 is 0. The average molecular weight is 320 g/mol. The summed E-state index contributed by atoms with van der Waals surface area (Å²) in [4.78, 5) is 38.0. The van der Waals surface area contributed by atoms with Gasteiger partial charge in [0.05, 0.1) is 17.7 Å². The Morgan fingerprint density at radius 1 is 1.04 bits per heavy atom. The second kappa shape index (κ2) is 6.50. The smallest absolute Gasteiger partial charge is 0.261 e. The highest BCUT2D eigenvalue weighted by Gasteiger charge is 2.34. The monoisotopic (exact) mass is 320 g/mol. The molecule has 120 valence electrons. The van der Waals surface area contributed by atoms with Gasteiger partial charge in [-0.1, -0.05) is 30.3 Å². The lowest BCUT2D eigenvalue weighted by Crippen LogP contribution is -2.29. The van der Waals surface area contributed by atoms with E-state index in [0.717, 1.165) is 5.56 Å². The summed E-state index contributed by atoms with van der Waals surface area (Å²) >= 11 is 0. The first-order chi connectivity index (χ1) is 11.6. The van der Waals surface area contributed by atoms with Gasteiger partial charge in [-0.25, -0.2) is 0 Å². The van der Waals surface area contributed by atoms with Gasteiger partial charge in [-0.3, -0.25) is 19.3 Å². The van der Waals surface area contributed by atoms with E-state index in [2.05, 4.69) is 11.9 Å². The fourth-order valence-corrected chi connectivity index (χ4v) is 2.64. The van der Waals surface area contributed by atoms with Crippen LogP contribution < -0.4 is 5.32 Å². The number of carbonyl (C=O) groups is 3. The number of hydrogen-bond donors (Lipinski definition) is 1. The Balaban J connectivity index is 1.80. The van der Waals surface area contributed by atoms with Crippen LogP contribution in [0.2, 0.25) is 0 Å². The number of nitrogens with one attached hydrogen (secondary N) is 1. The molecule has 0 saturated heterocycles. The maximum atomic E-state index is 12.4. The van der Waals surface area contributed by atoms with Gasteiger partial charge < -0.3 is 5.32 Å². The molecule has 0 aromatic heterocycles. The molecule has 1 heterocycles. The van der Waals surface area contributed by atoms with Crippen LogP contribution in [0.4, 0.5) is 0 Å². The Kier molecular flexibility index (Phi) is 4.24. The van der Waals surface area contributed by atoms with E-state index in [-0.39, 0.29) is 24.3 Å². The number of carbonyl (C=O) groups excluding carboxylic acids is 3. The summed E-state index contributed by atoms with van der Waals surface area (Å²) in [5, 5.41) is 2.70. The first kappa shape index (κ1) is 15.7. The molecule has 2 aromatic rings. The van der Waals surface area contributed by atoms with Gasteiger partial charge in [-0.15, -0.1) is 6.58 Å². The SMILES string of the molecule is C=CCNC(=O)c1cccc(CN2C(=O)c3ccccc3C2=O)c1. The van der Waals surface area contributed by atoms with Crippen LogP contribution in [-0.2, 0) is 6.54 Å². The van der Waals surface area contributed by atoms with Gasteiger partial charge in [0.25, 0.3) is 17.7 Å². The van der Waals surface area contributed by atoms with Crippen LogP contribution in [-0.4, -0.2) is 29.2 Å². The highest BCUT2D eigenvalue weighted by molar-refractivity contribution is 6.21. The molecule has 24 heavy (non-hydrogen) atoms. The molecule has 0 unspecified atom stereocenters. The Morgan fingerprint density at radius 2 is 1.71 bits per heavy atom. The van der Waals surface area contributed by atoms with Crippen LogP contribution in [0.25, 0.3) is 0 Å². The van der Waals surface area contributed by atoms with Crippen molar-refractivity contribution in [3.63, 3.8) is 0 Å². The fraction of sp³-hybridized carbons (Fsp3) is 0.105. The zero-order valence-electron chi connectivity index (χ0n) is 13.0. The summed E-state index contributed by atoms with van der Waals surface area (Å²) in [7, 11) is 0. The van der Waals surface area contributed by atoms with Crippen molar-refractivity contribution in [1.82, 2.24) is 10.2 Å². The fourth-order valence-electron chi connectivity index (χ4n) is 2.64. The minimum atomic E-state index is -0.308. The van der Waals surface area contributed by atoms with Gasteiger partial charge in [-0.05, 0) is 29.8 Å². The zero-order valence-corrected chi connectivity index (χ0v) is 13.0. The van der Waals surface area contributed by atoms with Gasteiger partial charge in [0.15, 0.2) is 0 Å². The molecule has 0 bridgehead atoms. The summed E-state index contributed by atoms with van der Waals surface area (Å²) in [5.41, 5.74) is 2.03. The molecular weight excluding hydrogens is 304 g/mol. The second-order valence-electron chi connectivity index (χ2n) is 5.44. The standard InChI is InChI=1S/C19H16N2O3/c1-2-10-20-17(22)14-7-5-6-13(11-14)12-21-18(23)15-8-3-4-9-16(15)19(21)24/h2-9,11H,1,10,12H2,(H,20,22). The van der Waals surface area contributed by atoms with Crippen molar-refractivity contribution in [3.05, 3.63) is 83.4 Å². The molecule has 2 aromatic carbocycles. The van der Waals surface area contributed by atoms with Crippen molar-refractivity contribution in [2.45, 2.75) is 6.54 Å². The summed E-state index contributed by atoms with van der Waals surface area (Å²) in [6.07, 6.45) is 1.60. The van der Waals surface area contributed by atoms with E-state index in [4.69, 9.17) is 0 Å². The largest absolute Gasteiger partial charge is 0.349 e. The Labute approximate surface area is 139 Å². The van der Waals surface area contributed by atoms with Gasteiger partial charge in [0.2, 0.25) is 0 Å². The first-order valence-electron chi connectivity index (χ1n) is 7.55. The van der Waals surface area contributed by atoms with Crippen LogP contribution >= 0.6 is 0 Å². The van der Waals surface area contributed by atoms with E-state index in [1.807, 2.05) is 0 Å². The van der Waals surface area contributed by atoms with Crippen molar-refractivity contribution < 1.29 is 14.4 Å². The minimum Gasteiger partial charge on any atom is -0.349 e. The maximum Gasteiger partial charge on any atom is 0.261 e. The number of hydrogen-bond acceptors (Lipinski definition) is 3. The maximum absolute atomic E-state index is 12.4. The molecule has 0 atom stereocenters. The van der Waals surface area contributed by atoms with Crippen LogP contribution in [0.15, 0.2) is 61.2 Å². The van der Waals surface area contributed by atoms with Crippen LogP contribution in [0, 0.1) is 0 Å². The third-order valence-corrected chi connectivity index (χ3v) is 3.82. The number of nitrogens with zero attached hydrogens (tertiary/aromatic N) is 1. The highest BCUT2D eigenvalue weighted by atomic mass is 16.2. The molecule has 1 aliphatic rings. The molecule has 0 saturated carbocycles. The van der Waals surface area contributed by atoms with Gasteiger partial charge in [0, 0.05) is 12.1 Å². The van der Waals surface area contributed by atoms with Crippen molar-refractivity contribution in [2.75, 3.05) is 6.54 Å². The number of fused-ring (bicyclic) bond motifs is 1. The van der Waals surface area contributed by atoms with Crippen molar-refractivity contribution >= 4 is 17.7 Å². The topological polar surface area (TPSA) is 66.5 Å². The lowest BCUT2D eigenvalue weighted by atomic mass is 10.1. The molecule has 1 aliphatic heterocycles. The van der Waals surface area contributed by atoms with E-state index in [9.17, 15) is 14.4 Å². The number of benzene rings is 2. The van der Waals surface area contributed by atoms with Crippen molar-refractivity contribution in [2.24, 2.45) is 0 Å². The molecular formula is C19H16N2O3. The van der Waals surface area contributed by atoms with Gasteiger partial charge in [-0.2, -0.15) is 0 Å². The third-order valence-electron chi connectivity index (χ3n) is 3.82. The average Bonchev–Trinajstić information content (AvgIpc) is 2.85. The molecule has 5 heteroatoms. The Bertz CT molecular complexity index is 807. The lowest BCUT2D eigenvalue weighted by molar-refractivity contribution is 0.0642. The quantitative estimate of drug-likeness (QED) is 0.679. The number of rotatable bonds is 5. The molecule has 0 radical (unpaired) electrons. The minimum absolute atomic E-state index is 0.134. The van der Waals surface area contributed by atoms with Crippen molar-refractivity contribution in [3.8, 4) is 0 Å². The van der Waals surface area contributed by atoms with E-state index in [0.29, 0.717) is 23.2 Å². The number of imide groups is 1. The summed E-state index contributed by atoms with van der Waals surface area (Å²) in [6, 6.07) is 13.6. The zero-order chi connectivity index (χ0) is 17.1. The van der Waals surface area contributed by atoms with Gasteiger partial charge >= 0.3 is 0 Å². The Morgan fingerprint density at radius 3 is 2.33 bits per heavy atom. The molecule has 0 aliphatic carbocycles. The summed E-state index contributed by atoms with van der Waals surface area (Å²) in [6.45, 7) is 4.06. The van der Waals surface area contributed by atoms with Crippen LogP contribution in [0.1, 0.15) is 36.6 Å². The Hall–Kier alpha value is -3.21. The van der Waals surface area contributed by atoms with E-state index >= 15 is 0 Å². The molecule has 0 spiro atoms. The summed E-state index contributed by atoms with van der Waals surface area (Å²) in [5.74, 6) is -0.840. The predicted molar refractivity (Wildman–Crippen MR) is 89.6 cm³/mol. The van der Waals surface area contributed by atoms with E-state index in [1.54, 1.807) is 54.6 Å². The molecule has 3 amide bonds. The van der Waals surface area contributed by atoms with Crippen molar-refractivity contribution in [1.29, 1.82) is 0 Å². The number of amides is 3. The van der Waals surface area contributed by atoms with Gasteiger partial charge in [0.1, 0.15) is 0 Å². The normalized spacial score (nSPS) is 12.9.